The number of hydrogen-bond acceptors (Lipinski definition) is 2. The second kappa shape index (κ2) is 6.92. The second-order valence-corrected chi connectivity index (χ2v) is 6.05. The Bertz CT molecular complexity index is 942. The highest BCUT2D eigenvalue weighted by molar-refractivity contribution is 6.21. The van der Waals surface area contributed by atoms with E-state index >= 15 is 0 Å². The van der Waals surface area contributed by atoms with Crippen LogP contribution in [0.3, 0.4) is 0 Å². The summed E-state index contributed by atoms with van der Waals surface area (Å²) in [7, 11) is 0. The first kappa shape index (κ1) is 17.5. The van der Waals surface area contributed by atoms with Crippen LogP contribution < -0.4 is 0 Å². The van der Waals surface area contributed by atoms with Crippen LogP contribution in [0.1, 0.15) is 11.1 Å². The first-order valence-electron chi connectivity index (χ1n) is 8.17. The van der Waals surface area contributed by atoms with E-state index in [1.165, 1.54) is 29.2 Å². The summed E-state index contributed by atoms with van der Waals surface area (Å²) in [6, 6.07) is 11.9. The first-order chi connectivity index (χ1) is 12.5. The van der Waals surface area contributed by atoms with Crippen molar-refractivity contribution in [2.75, 3.05) is 0 Å². The normalized spacial score (nSPS) is 14.2. The molecule has 2 aromatic rings. The van der Waals surface area contributed by atoms with Crippen LogP contribution in [0.4, 0.5) is 4.39 Å². The van der Waals surface area contributed by atoms with Crippen LogP contribution in [0.2, 0.25) is 0 Å². The number of rotatable bonds is 5. The Hall–Kier alpha value is -3.27. The third-order valence-corrected chi connectivity index (χ3v) is 4.49. The zero-order chi connectivity index (χ0) is 18.8. The van der Waals surface area contributed by atoms with Gasteiger partial charge in [0.2, 0.25) is 0 Å². The number of halogens is 1. The molecule has 1 heterocycles. The molecule has 0 fully saturated rings. The fourth-order valence-electron chi connectivity index (χ4n) is 3.13. The van der Waals surface area contributed by atoms with Crippen LogP contribution in [-0.4, -0.2) is 16.7 Å². The fourth-order valence-corrected chi connectivity index (χ4v) is 3.13. The van der Waals surface area contributed by atoms with Crippen molar-refractivity contribution in [2.45, 2.75) is 13.5 Å². The highest BCUT2D eigenvalue weighted by Gasteiger charge is 2.35. The molecule has 1 aliphatic rings. The minimum atomic E-state index is -0.398. The lowest BCUT2D eigenvalue weighted by atomic mass is 9.95. The van der Waals surface area contributed by atoms with E-state index in [1.54, 1.807) is 6.07 Å². The molecular formula is C22H18FNO2. The number of carbonyl (C=O) groups is 2. The van der Waals surface area contributed by atoms with Crippen molar-refractivity contribution in [2.24, 2.45) is 0 Å². The van der Waals surface area contributed by atoms with E-state index in [2.05, 4.69) is 13.2 Å². The van der Waals surface area contributed by atoms with E-state index in [1.807, 2.05) is 31.2 Å². The number of carbonyl (C=O) groups excluding carboxylic acids is 2. The highest BCUT2D eigenvalue weighted by atomic mass is 19.1. The molecule has 3 rings (SSSR count). The van der Waals surface area contributed by atoms with Gasteiger partial charge in [-0.2, -0.15) is 0 Å². The Balaban J connectivity index is 2.02. The average Bonchev–Trinajstić information content (AvgIpc) is 2.87. The molecule has 0 N–H and O–H groups in total. The Morgan fingerprint density at radius 3 is 2.19 bits per heavy atom. The lowest BCUT2D eigenvalue weighted by Crippen LogP contribution is -2.31. The van der Waals surface area contributed by atoms with Gasteiger partial charge in [0, 0.05) is 0 Å². The van der Waals surface area contributed by atoms with Crippen molar-refractivity contribution in [1.29, 1.82) is 0 Å². The lowest BCUT2D eigenvalue weighted by Gasteiger charge is -2.18. The van der Waals surface area contributed by atoms with Crippen molar-refractivity contribution in [1.82, 2.24) is 4.90 Å². The number of amides is 2. The maximum absolute atomic E-state index is 13.7. The molecule has 0 spiro atoms. The van der Waals surface area contributed by atoms with Crippen LogP contribution >= 0.6 is 0 Å². The number of imide groups is 1. The fraction of sp³-hybridized carbons (Fsp3) is 0.0909. The lowest BCUT2D eigenvalue weighted by molar-refractivity contribution is -0.138. The zero-order valence-corrected chi connectivity index (χ0v) is 14.5. The predicted octanol–water partition coefficient (Wildman–Crippen LogP) is 4.34. The van der Waals surface area contributed by atoms with Crippen LogP contribution in [-0.2, 0) is 16.1 Å². The topological polar surface area (TPSA) is 37.4 Å². The van der Waals surface area contributed by atoms with Gasteiger partial charge in [-0.3, -0.25) is 14.5 Å². The van der Waals surface area contributed by atoms with Crippen molar-refractivity contribution in [3.05, 3.63) is 95.9 Å². The number of hydrogen-bond donors (Lipinski definition) is 0. The van der Waals surface area contributed by atoms with Gasteiger partial charge in [0.25, 0.3) is 11.8 Å². The summed E-state index contributed by atoms with van der Waals surface area (Å²) >= 11 is 0. The van der Waals surface area contributed by atoms with Crippen LogP contribution in [0, 0.1) is 12.7 Å². The molecule has 1 aliphatic heterocycles. The Morgan fingerprint density at radius 1 is 0.962 bits per heavy atom. The van der Waals surface area contributed by atoms with E-state index < -0.39 is 11.8 Å². The smallest absolute Gasteiger partial charge is 0.261 e. The van der Waals surface area contributed by atoms with Gasteiger partial charge in [0.05, 0.1) is 17.7 Å². The molecular weight excluding hydrogens is 329 g/mol. The van der Waals surface area contributed by atoms with Gasteiger partial charge in [-0.1, -0.05) is 55.6 Å². The molecule has 0 aliphatic carbocycles. The molecule has 0 atom stereocenters. The first-order valence-corrected chi connectivity index (χ1v) is 8.17. The summed E-state index contributed by atoms with van der Waals surface area (Å²) < 4.78 is 13.7. The van der Waals surface area contributed by atoms with Gasteiger partial charge in [-0.25, -0.2) is 4.39 Å². The molecule has 0 bridgehead atoms. The van der Waals surface area contributed by atoms with Crippen molar-refractivity contribution in [3.8, 4) is 11.1 Å². The van der Waals surface area contributed by atoms with Gasteiger partial charge in [-0.15, -0.1) is 0 Å². The Labute approximate surface area is 151 Å². The SMILES string of the molecule is C=CC1=C(C=C)C(=O)N(Cc2ccccc2-c2cc(F)ccc2C)C1=O. The van der Waals surface area contributed by atoms with Crippen LogP contribution in [0.15, 0.2) is 78.9 Å². The Kier molecular flexibility index (Phi) is 4.67. The van der Waals surface area contributed by atoms with Gasteiger partial charge in [0.1, 0.15) is 5.82 Å². The monoisotopic (exact) mass is 347 g/mol. The van der Waals surface area contributed by atoms with E-state index in [0.29, 0.717) is 0 Å². The largest absolute Gasteiger partial charge is 0.270 e. The minimum Gasteiger partial charge on any atom is -0.270 e. The van der Waals surface area contributed by atoms with Gasteiger partial charge >= 0.3 is 0 Å². The van der Waals surface area contributed by atoms with E-state index in [9.17, 15) is 14.0 Å². The van der Waals surface area contributed by atoms with E-state index in [-0.39, 0.29) is 23.5 Å². The quantitative estimate of drug-likeness (QED) is 0.755. The number of benzene rings is 2. The van der Waals surface area contributed by atoms with Gasteiger partial charge in [-0.05, 0) is 41.3 Å². The number of aryl methyl sites for hydroxylation is 1. The third kappa shape index (κ3) is 2.90. The summed E-state index contributed by atoms with van der Waals surface area (Å²) in [6.45, 7) is 9.20. The highest BCUT2D eigenvalue weighted by Crippen LogP contribution is 2.31. The summed E-state index contributed by atoms with van der Waals surface area (Å²) in [6.07, 6.45) is 2.75. The summed E-state index contributed by atoms with van der Waals surface area (Å²) in [4.78, 5) is 26.3. The molecule has 130 valence electrons. The van der Waals surface area contributed by atoms with Crippen molar-refractivity contribution < 1.29 is 14.0 Å². The molecule has 2 amide bonds. The molecule has 0 saturated carbocycles. The molecule has 0 aromatic heterocycles. The van der Waals surface area contributed by atoms with Crippen LogP contribution in [0.5, 0.6) is 0 Å². The number of nitrogens with zero attached hydrogens (tertiary/aromatic N) is 1. The maximum Gasteiger partial charge on any atom is 0.261 e. The van der Waals surface area contributed by atoms with Gasteiger partial charge in [0.15, 0.2) is 0 Å². The van der Waals surface area contributed by atoms with E-state index in [0.717, 1.165) is 22.3 Å². The summed E-state index contributed by atoms with van der Waals surface area (Å²) in [5.74, 6) is -1.13. The summed E-state index contributed by atoms with van der Waals surface area (Å²) in [5, 5.41) is 0. The van der Waals surface area contributed by atoms with Crippen LogP contribution in [0.25, 0.3) is 11.1 Å². The van der Waals surface area contributed by atoms with E-state index in [4.69, 9.17) is 0 Å². The molecule has 26 heavy (non-hydrogen) atoms. The molecule has 0 unspecified atom stereocenters. The van der Waals surface area contributed by atoms with Crippen molar-refractivity contribution in [3.63, 3.8) is 0 Å². The molecule has 4 heteroatoms. The third-order valence-electron chi connectivity index (χ3n) is 4.49. The summed E-state index contributed by atoms with van der Waals surface area (Å²) in [5.41, 5.74) is 3.71. The second-order valence-electron chi connectivity index (χ2n) is 6.05. The average molecular weight is 347 g/mol. The molecule has 3 nitrogen and oxygen atoms in total. The molecule has 2 aromatic carbocycles. The minimum absolute atomic E-state index is 0.0957. The Morgan fingerprint density at radius 2 is 1.58 bits per heavy atom. The molecule has 0 radical (unpaired) electrons. The maximum atomic E-state index is 13.7. The standard InChI is InChI=1S/C22H18FNO2/c1-4-17-18(5-2)22(26)24(21(17)25)13-15-8-6-7-9-19(15)20-12-16(23)11-10-14(20)3/h4-12H,1-2,13H2,3H3. The zero-order valence-electron chi connectivity index (χ0n) is 14.5. The van der Waals surface area contributed by atoms with Gasteiger partial charge < -0.3 is 0 Å². The van der Waals surface area contributed by atoms with Crippen molar-refractivity contribution >= 4 is 11.8 Å². The molecule has 0 saturated heterocycles. The predicted molar refractivity (Wildman–Crippen MR) is 99.6 cm³/mol.